The minimum absolute atomic E-state index is 0.343. The molecule has 12 heteroatoms. The molecular weight excluding hydrogens is 544 g/mol. The molecule has 0 spiro atoms. The Morgan fingerprint density at radius 1 is 1.03 bits per heavy atom. The van der Waals surface area contributed by atoms with Gasteiger partial charge < -0.3 is 20.3 Å². The molecule has 2 fully saturated rings. The van der Waals surface area contributed by atoms with Crippen molar-refractivity contribution in [3.63, 3.8) is 0 Å². The van der Waals surface area contributed by atoms with Gasteiger partial charge in [-0.1, -0.05) is 17.8 Å². The number of alkyl halides is 6. The van der Waals surface area contributed by atoms with E-state index in [1.807, 2.05) is 0 Å². The summed E-state index contributed by atoms with van der Waals surface area (Å²) in [5, 5.41) is 6.56. The summed E-state index contributed by atoms with van der Waals surface area (Å²) in [5.41, 5.74) is -4.21. The highest BCUT2D eigenvalue weighted by atomic mass is 32.2. The predicted molar refractivity (Wildman–Crippen MR) is 137 cm³/mol. The third kappa shape index (κ3) is 7.92. The predicted octanol–water partition coefficient (Wildman–Crippen LogP) is 6.32. The molecule has 0 aliphatic carbocycles. The second kappa shape index (κ2) is 12.6. The lowest BCUT2D eigenvalue weighted by atomic mass is 9.96. The topological polar surface area (TPSA) is 53.6 Å². The van der Waals surface area contributed by atoms with Gasteiger partial charge in [0, 0.05) is 53.0 Å². The molecule has 0 bridgehead atoms. The lowest BCUT2D eigenvalue weighted by molar-refractivity contribution is -0.163. The smallest absolute Gasteiger partial charge is 0.385 e. The molecule has 0 saturated carbocycles. The van der Waals surface area contributed by atoms with Crippen LogP contribution in [0.1, 0.15) is 34.3 Å². The first-order valence-electron chi connectivity index (χ1n) is 12.6. The molecule has 2 aromatic rings. The van der Waals surface area contributed by atoms with Crippen LogP contribution in [0.25, 0.3) is 0 Å². The van der Waals surface area contributed by atoms with Gasteiger partial charge in [0.2, 0.25) is 0 Å². The van der Waals surface area contributed by atoms with Crippen LogP contribution >= 0.6 is 11.8 Å². The Morgan fingerprint density at radius 3 is 2.38 bits per heavy atom. The van der Waals surface area contributed by atoms with E-state index in [9.17, 15) is 31.1 Å². The Bertz CT molecular complexity index is 1170. The fourth-order valence-corrected chi connectivity index (χ4v) is 5.63. The van der Waals surface area contributed by atoms with Crippen LogP contribution < -0.4 is 10.6 Å². The summed E-state index contributed by atoms with van der Waals surface area (Å²) >= 11 is 0.582. The number of carbonyl (C=O) groups excluding carboxylic acids is 1. The van der Waals surface area contributed by atoms with Crippen molar-refractivity contribution < 1.29 is 35.9 Å². The first-order chi connectivity index (χ1) is 18.5. The van der Waals surface area contributed by atoms with Crippen molar-refractivity contribution in [2.75, 3.05) is 51.3 Å². The number of piperidine rings is 1. The molecule has 39 heavy (non-hydrogen) atoms. The van der Waals surface area contributed by atoms with E-state index < -0.39 is 39.7 Å². The lowest BCUT2D eigenvalue weighted by Crippen LogP contribution is -2.32. The summed E-state index contributed by atoms with van der Waals surface area (Å²) in [7, 11) is 0. The number of anilines is 1. The van der Waals surface area contributed by atoms with E-state index in [0.717, 1.165) is 44.1 Å². The number of ether oxygens (including phenoxy) is 1. The number of benzene rings is 2. The van der Waals surface area contributed by atoms with Gasteiger partial charge in [0.25, 0.3) is 0 Å². The molecule has 0 radical (unpaired) electrons. The van der Waals surface area contributed by atoms with E-state index in [2.05, 4.69) is 10.6 Å². The average Bonchev–Trinajstić information content (AvgIpc) is 2.90. The van der Waals surface area contributed by atoms with Crippen molar-refractivity contribution >= 4 is 23.2 Å². The summed E-state index contributed by atoms with van der Waals surface area (Å²) in [6.07, 6.45) is -6.57. The van der Waals surface area contributed by atoms with Gasteiger partial charge in [0.05, 0.1) is 24.3 Å². The molecule has 2 heterocycles. The van der Waals surface area contributed by atoms with Crippen molar-refractivity contribution in [2.45, 2.75) is 35.0 Å². The van der Waals surface area contributed by atoms with E-state index >= 15 is 0 Å². The van der Waals surface area contributed by atoms with E-state index in [4.69, 9.17) is 4.74 Å². The van der Waals surface area contributed by atoms with E-state index in [0.29, 0.717) is 61.1 Å². The van der Waals surface area contributed by atoms with Crippen LogP contribution in [0, 0.1) is 5.92 Å². The third-order valence-corrected chi connectivity index (χ3v) is 7.65. The number of nitrogens with zero attached hydrogens (tertiary/aromatic N) is 1. The second-order valence-electron chi connectivity index (χ2n) is 9.39. The number of morpholine rings is 1. The molecule has 0 amide bonds. The standard InChI is InChI=1S/C27H29F6N3O2S/c28-26(29,30)24-21(22(37)8-11-36-12-14-38-15-13-36)4-5-23(25(24)27(31,32)33)39-20-3-1-2-19(16-20)35-17-18-6-9-34-10-7-18/h1-5,8,11,16,18,34-35H,6-7,9-10,12-15,17H2. The van der Waals surface area contributed by atoms with Gasteiger partial charge in [0.15, 0.2) is 5.78 Å². The van der Waals surface area contributed by atoms with Crippen molar-refractivity contribution in [1.29, 1.82) is 0 Å². The van der Waals surface area contributed by atoms with Crippen LogP contribution in [0.5, 0.6) is 0 Å². The largest absolute Gasteiger partial charge is 0.418 e. The molecule has 212 valence electrons. The van der Waals surface area contributed by atoms with Crippen molar-refractivity contribution in [3.05, 3.63) is 65.4 Å². The van der Waals surface area contributed by atoms with Crippen molar-refractivity contribution in [2.24, 2.45) is 5.92 Å². The SMILES string of the molecule is O=C(C=CN1CCOCC1)c1ccc(Sc2cccc(NCC3CCNCC3)c2)c(C(F)(F)F)c1C(F)(F)F. The van der Waals surface area contributed by atoms with E-state index in [1.54, 1.807) is 23.1 Å². The summed E-state index contributed by atoms with van der Waals surface area (Å²) in [6, 6.07) is 8.32. The number of ketones is 1. The van der Waals surface area contributed by atoms with Gasteiger partial charge >= 0.3 is 12.4 Å². The Balaban J connectivity index is 1.62. The van der Waals surface area contributed by atoms with Gasteiger partial charge in [-0.2, -0.15) is 26.3 Å². The average molecular weight is 574 g/mol. The van der Waals surface area contributed by atoms with Crippen LogP contribution in [-0.2, 0) is 17.1 Å². The molecule has 5 nitrogen and oxygen atoms in total. The Kier molecular flexibility index (Phi) is 9.50. The summed E-state index contributed by atoms with van der Waals surface area (Å²) in [5.74, 6) is -0.698. The molecule has 2 aliphatic rings. The molecule has 2 aliphatic heterocycles. The van der Waals surface area contributed by atoms with Gasteiger partial charge in [-0.25, -0.2) is 0 Å². The van der Waals surface area contributed by atoms with Crippen LogP contribution in [0.15, 0.2) is 58.5 Å². The highest BCUT2D eigenvalue weighted by molar-refractivity contribution is 7.99. The number of hydrogen-bond donors (Lipinski definition) is 2. The fourth-order valence-electron chi connectivity index (χ4n) is 4.58. The zero-order valence-corrected chi connectivity index (χ0v) is 21.8. The quantitative estimate of drug-likeness (QED) is 0.219. The van der Waals surface area contributed by atoms with Gasteiger partial charge in [-0.05, 0) is 62.2 Å². The molecule has 0 atom stereocenters. The van der Waals surface area contributed by atoms with Crippen LogP contribution in [0.4, 0.5) is 32.0 Å². The number of carbonyl (C=O) groups is 1. The number of rotatable bonds is 8. The highest BCUT2D eigenvalue weighted by Gasteiger charge is 2.47. The van der Waals surface area contributed by atoms with Crippen molar-refractivity contribution in [1.82, 2.24) is 10.2 Å². The number of allylic oxidation sites excluding steroid dienone is 1. The number of nitrogens with one attached hydrogen (secondary N) is 2. The Hall–Kier alpha value is -2.70. The van der Waals surface area contributed by atoms with E-state index in [1.165, 1.54) is 12.3 Å². The molecule has 2 aromatic carbocycles. The molecule has 0 unspecified atom stereocenters. The third-order valence-electron chi connectivity index (χ3n) is 6.60. The van der Waals surface area contributed by atoms with Gasteiger partial charge in [0.1, 0.15) is 0 Å². The maximum Gasteiger partial charge on any atom is 0.418 e. The fraction of sp³-hybridized carbons (Fsp3) is 0.444. The summed E-state index contributed by atoms with van der Waals surface area (Å²) in [4.78, 5) is 14.1. The van der Waals surface area contributed by atoms with E-state index in [-0.39, 0.29) is 0 Å². The molecule has 4 rings (SSSR count). The molecular formula is C27H29F6N3O2S. The maximum absolute atomic E-state index is 14.2. The monoisotopic (exact) mass is 573 g/mol. The first kappa shape index (κ1) is 29.3. The van der Waals surface area contributed by atoms with Gasteiger partial charge in [-0.15, -0.1) is 0 Å². The normalized spacial score (nSPS) is 17.5. The Morgan fingerprint density at radius 2 is 1.72 bits per heavy atom. The Labute approximate surface area is 227 Å². The first-order valence-corrected chi connectivity index (χ1v) is 13.4. The van der Waals surface area contributed by atoms with Gasteiger partial charge in [-0.3, -0.25) is 4.79 Å². The van der Waals surface area contributed by atoms with Crippen LogP contribution in [0.3, 0.4) is 0 Å². The summed E-state index contributed by atoms with van der Waals surface area (Å²) < 4.78 is 90.1. The number of halogens is 6. The molecule has 0 aromatic heterocycles. The highest BCUT2D eigenvalue weighted by Crippen LogP contribution is 2.48. The maximum atomic E-state index is 14.2. The minimum Gasteiger partial charge on any atom is -0.385 e. The molecule has 2 saturated heterocycles. The summed E-state index contributed by atoms with van der Waals surface area (Å²) in [6.45, 7) is 4.14. The second-order valence-corrected chi connectivity index (χ2v) is 10.5. The van der Waals surface area contributed by atoms with Crippen LogP contribution in [0.2, 0.25) is 0 Å². The lowest BCUT2D eigenvalue weighted by Gasteiger charge is -2.25. The zero-order valence-electron chi connectivity index (χ0n) is 21.0. The minimum atomic E-state index is -5.41. The zero-order chi connectivity index (χ0) is 28.0. The number of hydrogen-bond acceptors (Lipinski definition) is 6. The molecule has 2 N–H and O–H groups in total. The van der Waals surface area contributed by atoms with Crippen LogP contribution in [-0.4, -0.2) is 56.6 Å². The van der Waals surface area contributed by atoms with Crippen molar-refractivity contribution in [3.8, 4) is 0 Å².